The minimum absolute atomic E-state index is 0.246. The molecule has 10 heteroatoms. The van der Waals surface area contributed by atoms with Gasteiger partial charge in [-0.05, 0) is 24.3 Å². The van der Waals surface area contributed by atoms with Crippen LogP contribution in [0.4, 0.5) is 18.9 Å². The monoisotopic (exact) mass is 403 g/mol. The average Bonchev–Trinajstić information content (AvgIpc) is 2.82. The first kappa shape index (κ1) is 20.4. The summed E-state index contributed by atoms with van der Waals surface area (Å²) in [7, 11) is 2.14. The molecule has 27 heavy (non-hydrogen) atoms. The number of hydrogen-bond donors (Lipinski definition) is 1. The van der Waals surface area contributed by atoms with E-state index in [1.807, 2.05) is 0 Å². The molecule has 1 N–H and O–H groups in total. The van der Waals surface area contributed by atoms with Crippen molar-refractivity contribution in [3.8, 4) is 5.75 Å². The molecule has 1 aliphatic rings. The van der Waals surface area contributed by atoms with Gasteiger partial charge in [0.05, 0.1) is 30.4 Å². The van der Waals surface area contributed by atoms with Gasteiger partial charge in [0.25, 0.3) is 0 Å². The lowest BCUT2D eigenvalue weighted by Crippen LogP contribution is -2.27. The Balaban J connectivity index is 2.75. The van der Waals surface area contributed by atoms with Crippen molar-refractivity contribution in [2.45, 2.75) is 6.18 Å². The average molecular weight is 404 g/mol. The number of halogens is 4. The van der Waals surface area contributed by atoms with E-state index in [9.17, 15) is 27.9 Å². The van der Waals surface area contributed by atoms with Crippen LogP contribution in [0.2, 0.25) is 5.02 Å². The summed E-state index contributed by atoms with van der Waals surface area (Å²) in [5, 5.41) is 9.66. The van der Waals surface area contributed by atoms with Crippen molar-refractivity contribution in [1.29, 1.82) is 0 Å². The number of anilines is 1. The maximum Gasteiger partial charge on any atom is 0.416 e. The van der Waals surface area contributed by atoms with Crippen molar-refractivity contribution in [3.05, 3.63) is 58.4 Å². The number of carbonyl (C=O) groups excluding carboxylic acids is 2. The van der Waals surface area contributed by atoms with E-state index >= 15 is 0 Å². The summed E-state index contributed by atoms with van der Waals surface area (Å²) >= 11 is 5.95. The molecule has 0 fully saturated rings. The topological polar surface area (TPSA) is 76.1 Å². The van der Waals surface area contributed by atoms with Gasteiger partial charge in [0.2, 0.25) is 0 Å². The second-order valence-corrected chi connectivity index (χ2v) is 5.55. The number of hydrogen-bond acceptors (Lipinski definition) is 6. The van der Waals surface area contributed by atoms with Crippen LogP contribution in [0.5, 0.6) is 5.75 Å². The molecule has 0 saturated heterocycles. The second kappa shape index (κ2) is 7.75. The maximum absolute atomic E-state index is 12.9. The quantitative estimate of drug-likeness (QED) is 0.778. The first-order chi connectivity index (χ1) is 12.6. The van der Waals surface area contributed by atoms with Gasteiger partial charge in [-0.3, -0.25) is 0 Å². The molecule has 144 valence electrons. The smallest absolute Gasteiger partial charge is 0.416 e. The predicted molar refractivity (Wildman–Crippen MR) is 89.9 cm³/mol. The van der Waals surface area contributed by atoms with Gasteiger partial charge in [0.1, 0.15) is 17.1 Å². The molecule has 1 heterocycles. The van der Waals surface area contributed by atoms with Crippen LogP contribution < -0.4 is 4.90 Å². The Morgan fingerprint density at radius 2 is 1.74 bits per heavy atom. The highest BCUT2D eigenvalue weighted by Gasteiger charge is 2.35. The molecule has 1 aromatic carbocycles. The van der Waals surface area contributed by atoms with Crippen LogP contribution in [0.3, 0.4) is 0 Å². The van der Waals surface area contributed by atoms with Gasteiger partial charge in [-0.1, -0.05) is 17.7 Å². The number of methoxy groups -OCH3 is 2. The summed E-state index contributed by atoms with van der Waals surface area (Å²) in [5.41, 5.74) is -2.16. The number of carbonyl (C=O) groups is 2. The van der Waals surface area contributed by atoms with Gasteiger partial charge in [-0.15, -0.1) is 0 Å². The molecule has 1 aromatic rings. The summed E-state index contributed by atoms with van der Waals surface area (Å²) in [6, 6.07) is 1.05. The van der Waals surface area contributed by atoms with Crippen LogP contribution in [-0.2, 0) is 25.2 Å². The number of esters is 2. The molecule has 0 aromatic heterocycles. The number of phenolic OH excluding ortho intramolecular Hbond substituents is 1. The van der Waals surface area contributed by atoms with Gasteiger partial charge in [-0.25, -0.2) is 9.59 Å². The van der Waals surface area contributed by atoms with E-state index in [4.69, 9.17) is 11.6 Å². The molecule has 0 aliphatic carbocycles. The molecular weight excluding hydrogens is 391 g/mol. The van der Waals surface area contributed by atoms with Crippen LogP contribution in [0.1, 0.15) is 5.56 Å². The molecule has 6 nitrogen and oxygen atoms in total. The normalized spacial score (nSPS) is 14.2. The largest absolute Gasteiger partial charge is 0.506 e. The number of allylic oxidation sites excluding steroid dienone is 2. The van der Waals surface area contributed by atoms with E-state index in [0.717, 1.165) is 19.1 Å². The van der Waals surface area contributed by atoms with E-state index < -0.39 is 40.1 Å². The number of phenols is 1. The zero-order valence-electron chi connectivity index (χ0n) is 14.0. The van der Waals surface area contributed by atoms with E-state index in [1.54, 1.807) is 0 Å². The number of nitrogens with zero attached hydrogens (tertiary/aromatic N) is 1. The van der Waals surface area contributed by atoms with Crippen molar-refractivity contribution < 1.29 is 37.3 Å². The van der Waals surface area contributed by atoms with E-state index in [2.05, 4.69) is 9.47 Å². The fraction of sp³-hybridized carbons (Fsp3) is 0.176. The Morgan fingerprint density at radius 3 is 2.26 bits per heavy atom. The fourth-order valence-electron chi connectivity index (χ4n) is 2.32. The third kappa shape index (κ3) is 4.08. The number of alkyl halides is 3. The standard InChI is InChI=1S/C17H13ClF3NO5/c1-26-15(24)10-5-3-4-6-22(13(10)16(25)27-2)14-11(18)7-9(8-12(14)23)17(19,20)21/h3-8,23H,1-2H3. The lowest BCUT2D eigenvalue weighted by atomic mass is 10.1. The van der Waals surface area contributed by atoms with Crippen LogP contribution in [0, 0.1) is 0 Å². The zero-order chi connectivity index (χ0) is 20.4. The lowest BCUT2D eigenvalue weighted by molar-refractivity contribution is -0.139. The van der Waals surface area contributed by atoms with Crippen molar-refractivity contribution in [1.82, 2.24) is 0 Å². The molecule has 0 radical (unpaired) electrons. The van der Waals surface area contributed by atoms with Crippen molar-refractivity contribution in [3.63, 3.8) is 0 Å². The van der Waals surface area contributed by atoms with Crippen molar-refractivity contribution >= 4 is 29.2 Å². The molecule has 0 atom stereocenters. The Morgan fingerprint density at radius 1 is 1.11 bits per heavy atom. The highest BCUT2D eigenvalue weighted by Crippen LogP contribution is 2.43. The summed E-state index contributed by atoms with van der Waals surface area (Å²) in [4.78, 5) is 25.3. The Hall–Kier alpha value is -2.94. The van der Waals surface area contributed by atoms with E-state index in [-0.39, 0.29) is 11.3 Å². The summed E-state index contributed by atoms with van der Waals surface area (Å²) < 4.78 is 48.0. The first-order valence-electron chi connectivity index (χ1n) is 7.26. The lowest BCUT2D eigenvalue weighted by Gasteiger charge is -2.25. The van der Waals surface area contributed by atoms with Crippen LogP contribution in [0.25, 0.3) is 0 Å². The molecule has 0 amide bonds. The van der Waals surface area contributed by atoms with Gasteiger partial charge < -0.3 is 19.5 Å². The fourth-order valence-corrected chi connectivity index (χ4v) is 2.63. The minimum atomic E-state index is -4.74. The summed E-state index contributed by atoms with van der Waals surface area (Å²) in [5.74, 6) is -2.75. The molecule has 0 spiro atoms. The highest BCUT2D eigenvalue weighted by atomic mass is 35.5. The Bertz CT molecular complexity index is 851. The molecule has 0 bridgehead atoms. The third-order valence-corrected chi connectivity index (χ3v) is 3.79. The Kier molecular flexibility index (Phi) is 5.85. The van der Waals surface area contributed by atoms with Crippen LogP contribution >= 0.6 is 11.6 Å². The third-order valence-electron chi connectivity index (χ3n) is 3.50. The molecule has 2 rings (SSSR count). The first-order valence-corrected chi connectivity index (χ1v) is 7.64. The predicted octanol–water partition coefficient (Wildman–Crippen LogP) is 3.55. The minimum Gasteiger partial charge on any atom is -0.506 e. The Labute approximate surface area is 156 Å². The molecule has 0 unspecified atom stereocenters. The summed E-state index contributed by atoms with van der Waals surface area (Å²) in [6.07, 6.45) is 0.515. The number of aromatic hydroxyl groups is 1. The van der Waals surface area contributed by atoms with Crippen molar-refractivity contribution in [2.24, 2.45) is 0 Å². The van der Waals surface area contributed by atoms with Gasteiger partial charge in [-0.2, -0.15) is 13.2 Å². The number of benzene rings is 1. The molecule has 1 aliphatic heterocycles. The van der Waals surface area contributed by atoms with Gasteiger partial charge >= 0.3 is 18.1 Å². The highest BCUT2D eigenvalue weighted by molar-refractivity contribution is 6.34. The second-order valence-electron chi connectivity index (χ2n) is 5.14. The van der Waals surface area contributed by atoms with E-state index in [1.165, 1.54) is 24.4 Å². The number of rotatable bonds is 3. The maximum atomic E-state index is 12.9. The number of ether oxygens (including phenoxy) is 2. The van der Waals surface area contributed by atoms with Gasteiger partial charge in [0, 0.05) is 6.20 Å². The molecule has 0 saturated carbocycles. The van der Waals surface area contributed by atoms with Crippen molar-refractivity contribution in [2.75, 3.05) is 19.1 Å². The van der Waals surface area contributed by atoms with Crippen LogP contribution in [0.15, 0.2) is 47.8 Å². The SMILES string of the molecule is COC(=O)C1=C(C(=O)OC)N(c2c(O)cc(C(F)(F)F)cc2Cl)C=CC=C1. The van der Waals surface area contributed by atoms with E-state index in [0.29, 0.717) is 12.1 Å². The summed E-state index contributed by atoms with van der Waals surface area (Å²) in [6.45, 7) is 0. The van der Waals surface area contributed by atoms with Crippen LogP contribution in [-0.4, -0.2) is 31.3 Å². The van der Waals surface area contributed by atoms with Gasteiger partial charge in [0.15, 0.2) is 0 Å². The molecular formula is C17H13ClF3NO5. The zero-order valence-corrected chi connectivity index (χ0v) is 14.8.